The molecule has 0 heterocycles. The van der Waals surface area contributed by atoms with Gasteiger partial charge in [-0.15, -0.1) is 0 Å². The van der Waals surface area contributed by atoms with Crippen LogP contribution in [0.5, 0.6) is 0 Å². The molecule has 7 nitrogen and oxygen atoms in total. The summed E-state index contributed by atoms with van der Waals surface area (Å²) in [6.07, 6.45) is 1.48. The molecule has 0 radical (unpaired) electrons. The molecule has 8 heteroatoms. The minimum atomic E-state index is -3.09. The maximum Gasteiger partial charge on any atom is 0.227 e. The molecule has 0 spiro atoms. The normalized spacial score (nSPS) is 10.8. The number of sulfone groups is 1. The maximum absolute atomic E-state index is 12.6. The first-order chi connectivity index (χ1) is 14.3. The van der Waals surface area contributed by atoms with Crippen molar-refractivity contribution in [1.29, 1.82) is 5.26 Å². The molecule has 158 valence electrons. The molecule has 0 fully saturated rings. The van der Waals surface area contributed by atoms with Gasteiger partial charge < -0.3 is 10.2 Å². The van der Waals surface area contributed by atoms with Crippen LogP contribution in [0.1, 0.15) is 30.4 Å². The fraction of sp³-hybridized carbons (Fsp3) is 0.318. The van der Waals surface area contributed by atoms with Gasteiger partial charge in [-0.25, -0.2) is 8.42 Å². The number of amides is 2. The third-order valence-electron chi connectivity index (χ3n) is 4.32. The second kappa shape index (κ2) is 11.1. The molecular weight excluding hydrogens is 402 g/mol. The van der Waals surface area contributed by atoms with Gasteiger partial charge in [-0.2, -0.15) is 5.26 Å². The Labute approximate surface area is 177 Å². The number of rotatable bonds is 10. The average molecular weight is 428 g/mol. The monoisotopic (exact) mass is 427 g/mol. The number of anilines is 1. The lowest BCUT2D eigenvalue weighted by atomic mass is 10.1. The first kappa shape index (κ1) is 23.1. The summed E-state index contributed by atoms with van der Waals surface area (Å²) in [5, 5.41) is 11.6. The van der Waals surface area contributed by atoms with E-state index in [4.69, 9.17) is 5.26 Å². The molecule has 0 saturated heterocycles. The molecule has 0 aliphatic heterocycles. The SMILES string of the molecule is CS(=O)(=O)Cc1ccc(CNC(=O)CCC(=O)N(CCC#N)c2ccccc2)cc1. The molecule has 2 aromatic carbocycles. The Morgan fingerprint density at radius 3 is 2.23 bits per heavy atom. The minimum absolute atomic E-state index is 0.0224. The molecule has 0 aromatic heterocycles. The Bertz CT molecular complexity index is 997. The van der Waals surface area contributed by atoms with Gasteiger partial charge in [0.2, 0.25) is 11.8 Å². The zero-order chi connectivity index (χ0) is 22.0. The van der Waals surface area contributed by atoms with Crippen molar-refractivity contribution in [1.82, 2.24) is 5.32 Å². The summed E-state index contributed by atoms with van der Waals surface area (Å²) in [4.78, 5) is 26.2. The summed E-state index contributed by atoms with van der Waals surface area (Å²) >= 11 is 0. The van der Waals surface area contributed by atoms with Crippen LogP contribution in [0.15, 0.2) is 54.6 Å². The number of carbonyl (C=O) groups excluding carboxylic acids is 2. The van der Waals surface area contributed by atoms with Crippen LogP contribution in [-0.4, -0.2) is 33.0 Å². The van der Waals surface area contributed by atoms with E-state index in [9.17, 15) is 18.0 Å². The first-order valence-corrected chi connectivity index (χ1v) is 11.6. The van der Waals surface area contributed by atoms with Crippen LogP contribution in [-0.2, 0) is 31.7 Å². The Morgan fingerprint density at radius 1 is 1.00 bits per heavy atom. The second-order valence-electron chi connectivity index (χ2n) is 6.95. The Kier molecular flexibility index (Phi) is 8.56. The summed E-state index contributed by atoms with van der Waals surface area (Å²) in [7, 11) is -3.09. The lowest BCUT2D eigenvalue weighted by molar-refractivity contribution is -0.125. The molecule has 0 saturated carbocycles. The van der Waals surface area contributed by atoms with Gasteiger partial charge >= 0.3 is 0 Å². The van der Waals surface area contributed by atoms with Crippen molar-refractivity contribution in [2.24, 2.45) is 0 Å². The summed E-state index contributed by atoms with van der Waals surface area (Å²) in [6.45, 7) is 0.573. The number of para-hydroxylation sites is 1. The quantitative estimate of drug-likeness (QED) is 0.627. The van der Waals surface area contributed by atoms with E-state index in [0.29, 0.717) is 17.8 Å². The molecule has 1 N–H and O–H groups in total. The smallest absolute Gasteiger partial charge is 0.227 e. The van der Waals surface area contributed by atoms with Gasteiger partial charge in [0.15, 0.2) is 9.84 Å². The standard InChI is InChI=1S/C22H25N3O4S/c1-30(28,29)17-19-10-8-18(9-11-19)16-24-21(26)12-13-22(27)25(15-5-14-23)20-6-3-2-4-7-20/h2-4,6-11H,5,12-13,15-17H2,1H3,(H,24,26). The zero-order valence-electron chi connectivity index (χ0n) is 16.9. The maximum atomic E-state index is 12.6. The number of nitrogens with zero attached hydrogens (tertiary/aromatic N) is 2. The number of hydrogen-bond acceptors (Lipinski definition) is 5. The number of nitrogens with one attached hydrogen (secondary N) is 1. The molecule has 2 rings (SSSR count). The van der Waals surface area contributed by atoms with Crippen molar-refractivity contribution >= 4 is 27.3 Å². The van der Waals surface area contributed by atoms with E-state index < -0.39 is 9.84 Å². The van der Waals surface area contributed by atoms with Crippen molar-refractivity contribution in [2.75, 3.05) is 17.7 Å². The second-order valence-corrected chi connectivity index (χ2v) is 9.09. The van der Waals surface area contributed by atoms with Gasteiger partial charge in [-0.3, -0.25) is 9.59 Å². The lowest BCUT2D eigenvalue weighted by Gasteiger charge is -2.21. The fourth-order valence-electron chi connectivity index (χ4n) is 2.87. The molecular formula is C22H25N3O4S. The van der Waals surface area contributed by atoms with E-state index in [2.05, 4.69) is 5.32 Å². The van der Waals surface area contributed by atoms with E-state index in [1.807, 2.05) is 24.3 Å². The predicted molar refractivity (Wildman–Crippen MR) is 115 cm³/mol. The number of carbonyl (C=O) groups is 2. The van der Waals surface area contributed by atoms with Crippen molar-refractivity contribution in [3.63, 3.8) is 0 Å². The van der Waals surface area contributed by atoms with Gasteiger partial charge in [0, 0.05) is 37.9 Å². The third-order valence-corrected chi connectivity index (χ3v) is 5.18. The summed E-state index contributed by atoms with van der Waals surface area (Å²) in [5.41, 5.74) is 2.23. The average Bonchev–Trinajstić information content (AvgIpc) is 2.71. The van der Waals surface area contributed by atoms with Crippen molar-refractivity contribution < 1.29 is 18.0 Å². The van der Waals surface area contributed by atoms with E-state index >= 15 is 0 Å². The number of nitriles is 1. The minimum Gasteiger partial charge on any atom is -0.352 e. The molecule has 0 aliphatic carbocycles. The van der Waals surface area contributed by atoms with Gasteiger partial charge in [-0.05, 0) is 23.3 Å². The van der Waals surface area contributed by atoms with Crippen molar-refractivity contribution in [2.45, 2.75) is 31.6 Å². The first-order valence-electron chi connectivity index (χ1n) is 9.53. The Balaban J connectivity index is 1.84. The third kappa shape index (κ3) is 8.05. The summed E-state index contributed by atoms with van der Waals surface area (Å²) < 4.78 is 22.6. The number of benzene rings is 2. The van der Waals surface area contributed by atoms with E-state index in [1.54, 1.807) is 36.4 Å². The summed E-state index contributed by atoms with van der Waals surface area (Å²) in [6, 6.07) is 18.1. The van der Waals surface area contributed by atoms with E-state index in [0.717, 1.165) is 5.56 Å². The van der Waals surface area contributed by atoms with Gasteiger partial charge in [-0.1, -0.05) is 42.5 Å². The van der Waals surface area contributed by atoms with E-state index in [1.165, 1.54) is 11.2 Å². The highest BCUT2D eigenvalue weighted by molar-refractivity contribution is 7.89. The van der Waals surface area contributed by atoms with Crippen LogP contribution in [0.4, 0.5) is 5.69 Å². The van der Waals surface area contributed by atoms with Crippen LogP contribution in [0.25, 0.3) is 0 Å². The van der Waals surface area contributed by atoms with Gasteiger partial charge in [0.1, 0.15) is 0 Å². The molecule has 30 heavy (non-hydrogen) atoms. The van der Waals surface area contributed by atoms with Crippen LogP contribution in [0.3, 0.4) is 0 Å². The molecule has 0 unspecified atom stereocenters. The van der Waals surface area contributed by atoms with Gasteiger partial charge in [0.05, 0.1) is 18.2 Å². The van der Waals surface area contributed by atoms with Crippen LogP contribution >= 0.6 is 0 Å². The molecule has 0 bridgehead atoms. The highest BCUT2D eigenvalue weighted by atomic mass is 32.2. The van der Waals surface area contributed by atoms with Crippen LogP contribution in [0, 0.1) is 11.3 Å². The van der Waals surface area contributed by atoms with Crippen LogP contribution < -0.4 is 10.2 Å². The molecule has 2 aromatic rings. The molecule has 2 amide bonds. The Hall–Kier alpha value is -3.18. The largest absolute Gasteiger partial charge is 0.352 e. The topological polar surface area (TPSA) is 107 Å². The lowest BCUT2D eigenvalue weighted by Crippen LogP contribution is -2.33. The van der Waals surface area contributed by atoms with Crippen molar-refractivity contribution in [3.05, 3.63) is 65.7 Å². The summed E-state index contributed by atoms with van der Waals surface area (Å²) in [5.74, 6) is -0.487. The predicted octanol–water partition coefficient (Wildman–Crippen LogP) is 2.57. The number of hydrogen-bond donors (Lipinski definition) is 1. The highest BCUT2D eigenvalue weighted by Gasteiger charge is 2.16. The van der Waals surface area contributed by atoms with Crippen LogP contribution in [0.2, 0.25) is 0 Å². The van der Waals surface area contributed by atoms with Crippen molar-refractivity contribution in [3.8, 4) is 6.07 Å². The molecule has 0 aliphatic rings. The zero-order valence-corrected chi connectivity index (χ0v) is 17.7. The Morgan fingerprint density at radius 2 is 1.63 bits per heavy atom. The fourth-order valence-corrected chi connectivity index (χ4v) is 3.67. The highest BCUT2D eigenvalue weighted by Crippen LogP contribution is 2.15. The van der Waals surface area contributed by atoms with Gasteiger partial charge in [0.25, 0.3) is 0 Å². The molecule has 0 atom stereocenters. The van der Waals surface area contributed by atoms with E-state index in [-0.39, 0.29) is 43.4 Å².